The molecule has 2 heteroatoms. The van der Waals surface area contributed by atoms with Crippen LogP contribution in [0.2, 0.25) is 0 Å². The zero-order chi connectivity index (χ0) is 12.3. The van der Waals surface area contributed by atoms with Gasteiger partial charge in [0.15, 0.2) is 5.78 Å². The fourth-order valence-corrected chi connectivity index (χ4v) is 2.09. The van der Waals surface area contributed by atoms with E-state index in [-0.39, 0.29) is 5.78 Å². The van der Waals surface area contributed by atoms with Crippen LogP contribution in [0.15, 0.2) is 24.3 Å². The summed E-state index contributed by atoms with van der Waals surface area (Å²) < 4.78 is 0. The highest BCUT2D eigenvalue weighted by Crippen LogP contribution is 2.31. The Morgan fingerprint density at radius 3 is 2.35 bits per heavy atom. The van der Waals surface area contributed by atoms with Crippen molar-refractivity contribution in [3.63, 3.8) is 0 Å². The molecule has 0 heterocycles. The van der Waals surface area contributed by atoms with Gasteiger partial charge in [-0.2, -0.15) is 0 Å². The molecule has 92 valence electrons. The summed E-state index contributed by atoms with van der Waals surface area (Å²) in [6, 6.07) is 8.07. The number of carbonyl (C=O) groups excluding carboxylic acids is 1. The third kappa shape index (κ3) is 3.09. The molecular formula is C15H21NO. The van der Waals surface area contributed by atoms with Crippen LogP contribution in [-0.4, -0.2) is 18.9 Å². The van der Waals surface area contributed by atoms with Crippen LogP contribution >= 0.6 is 0 Å². The van der Waals surface area contributed by atoms with E-state index in [9.17, 15) is 4.79 Å². The van der Waals surface area contributed by atoms with E-state index in [4.69, 9.17) is 0 Å². The minimum atomic E-state index is 0.224. The lowest BCUT2D eigenvalue weighted by Gasteiger charge is -2.23. The van der Waals surface area contributed by atoms with E-state index in [1.54, 1.807) is 0 Å². The molecule has 0 aliphatic heterocycles. The molecule has 2 nitrogen and oxygen atoms in total. The molecule has 0 spiro atoms. The van der Waals surface area contributed by atoms with Gasteiger partial charge in [0.2, 0.25) is 0 Å². The Hall–Kier alpha value is -1.31. The molecule has 1 fully saturated rings. The van der Waals surface area contributed by atoms with Crippen molar-refractivity contribution < 1.29 is 4.79 Å². The SMILES string of the molecule is CCC(=O)c1ccc(N(CC)CC2CC2)cc1. The smallest absolute Gasteiger partial charge is 0.162 e. The summed E-state index contributed by atoms with van der Waals surface area (Å²) in [5.74, 6) is 1.12. The highest BCUT2D eigenvalue weighted by molar-refractivity contribution is 5.96. The molecule has 0 saturated heterocycles. The quantitative estimate of drug-likeness (QED) is 0.698. The Bertz CT molecular complexity index is 378. The summed E-state index contributed by atoms with van der Waals surface area (Å²) in [5, 5.41) is 0. The van der Waals surface area contributed by atoms with Gasteiger partial charge in [-0.15, -0.1) is 0 Å². The van der Waals surface area contributed by atoms with Crippen LogP contribution in [0, 0.1) is 5.92 Å². The molecule has 2 rings (SSSR count). The van der Waals surface area contributed by atoms with E-state index in [1.165, 1.54) is 18.5 Å². The summed E-state index contributed by atoms with van der Waals surface area (Å²) in [4.78, 5) is 13.9. The van der Waals surface area contributed by atoms with Crippen molar-refractivity contribution in [1.82, 2.24) is 0 Å². The van der Waals surface area contributed by atoms with Gasteiger partial charge in [-0.1, -0.05) is 6.92 Å². The summed E-state index contributed by atoms with van der Waals surface area (Å²) in [6.45, 7) is 6.30. The highest BCUT2D eigenvalue weighted by Gasteiger charge is 2.23. The Balaban J connectivity index is 2.06. The lowest BCUT2D eigenvalue weighted by atomic mass is 10.1. The second kappa shape index (κ2) is 5.35. The Morgan fingerprint density at radius 1 is 1.24 bits per heavy atom. The maximum absolute atomic E-state index is 11.5. The molecule has 0 amide bonds. The lowest BCUT2D eigenvalue weighted by Crippen LogP contribution is -2.25. The summed E-state index contributed by atoms with van der Waals surface area (Å²) in [6.07, 6.45) is 3.34. The van der Waals surface area contributed by atoms with Gasteiger partial charge in [0.05, 0.1) is 0 Å². The van der Waals surface area contributed by atoms with E-state index in [1.807, 2.05) is 19.1 Å². The van der Waals surface area contributed by atoms with Crippen molar-refractivity contribution in [2.75, 3.05) is 18.0 Å². The number of benzene rings is 1. The number of hydrogen-bond acceptors (Lipinski definition) is 2. The molecule has 0 atom stereocenters. The largest absolute Gasteiger partial charge is 0.372 e. The van der Waals surface area contributed by atoms with E-state index in [0.29, 0.717) is 6.42 Å². The summed E-state index contributed by atoms with van der Waals surface area (Å²) in [5.41, 5.74) is 2.07. The highest BCUT2D eigenvalue weighted by atomic mass is 16.1. The monoisotopic (exact) mass is 231 g/mol. The van der Waals surface area contributed by atoms with Gasteiger partial charge >= 0.3 is 0 Å². The normalized spacial score (nSPS) is 14.7. The second-order valence-corrected chi connectivity index (χ2v) is 4.81. The number of Topliss-reactive ketones (excluding diaryl/α,β-unsaturated/α-hetero) is 1. The predicted octanol–water partition coefficient (Wildman–Crippen LogP) is 3.52. The van der Waals surface area contributed by atoms with Gasteiger partial charge in [0.25, 0.3) is 0 Å². The van der Waals surface area contributed by atoms with Crippen molar-refractivity contribution in [2.45, 2.75) is 33.1 Å². The maximum atomic E-state index is 11.5. The van der Waals surface area contributed by atoms with Crippen LogP contribution in [0.1, 0.15) is 43.5 Å². The van der Waals surface area contributed by atoms with E-state index in [2.05, 4.69) is 24.0 Å². The number of nitrogens with zero attached hydrogens (tertiary/aromatic N) is 1. The zero-order valence-electron chi connectivity index (χ0n) is 10.8. The number of ketones is 1. The van der Waals surface area contributed by atoms with Gasteiger partial charge in [0, 0.05) is 30.8 Å². The molecule has 17 heavy (non-hydrogen) atoms. The van der Waals surface area contributed by atoms with E-state index in [0.717, 1.165) is 24.6 Å². The molecular weight excluding hydrogens is 210 g/mol. The van der Waals surface area contributed by atoms with E-state index < -0.39 is 0 Å². The summed E-state index contributed by atoms with van der Waals surface area (Å²) >= 11 is 0. The molecule has 0 bridgehead atoms. The van der Waals surface area contributed by atoms with Crippen LogP contribution in [0.5, 0.6) is 0 Å². The topological polar surface area (TPSA) is 20.3 Å². The minimum Gasteiger partial charge on any atom is -0.372 e. The average molecular weight is 231 g/mol. The molecule has 0 N–H and O–H groups in total. The van der Waals surface area contributed by atoms with Crippen LogP contribution in [0.3, 0.4) is 0 Å². The molecule has 1 aromatic carbocycles. The lowest BCUT2D eigenvalue weighted by molar-refractivity contribution is 0.0988. The first-order valence-corrected chi connectivity index (χ1v) is 6.62. The van der Waals surface area contributed by atoms with Gasteiger partial charge in [-0.3, -0.25) is 4.79 Å². The van der Waals surface area contributed by atoms with Crippen molar-refractivity contribution in [3.8, 4) is 0 Å². The average Bonchev–Trinajstić information content (AvgIpc) is 3.19. The second-order valence-electron chi connectivity index (χ2n) is 4.81. The molecule has 1 aliphatic rings. The van der Waals surface area contributed by atoms with Gasteiger partial charge < -0.3 is 4.90 Å². The number of anilines is 1. The van der Waals surface area contributed by atoms with Gasteiger partial charge in [-0.25, -0.2) is 0 Å². The zero-order valence-corrected chi connectivity index (χ0v) is 10.8. The molecule has 1 saturated carbocycles. The van der Waals surface area contributed by atoms with E-state index >= 15 is 0 Å². The van der Waals surface area contributed by atoms with Crippen molar-refractivity contribution in [2.24, 2.45) is 5.92 Å². The Morgan fingerprint density at radius 2 is 1.88 bits per heavy atom. The van der Waals surface area contributed by atoms with Crippen LogP contribution < -0.4 is 4.90 Å². The van der Waals surface area contributed by atoms with Crippen molar-refractivity contribution >= 4 is 11.5 Å². The molecule has 0 radical (unpaired) electrons. The first-order valence-electron chi connectivity index (χ1n) is 6.62. The third-order valence-electron chi connectivity index (χ3n) is 3.43. The van der Waals surface area contributed by atoms with Crippen LogP contribution in [0.25, 0.3) is 0 Å². The predicted molar refractivity (Wildman–Crippen MR) is 71.7 cm³/mol. The van der Waals surface area contributed by atoms with Crippen LogP contribution in [-0.2, 0) is 0 Å². The van der Waals surface area contributed by atoms with Gasteiger partial charge in [0.1, 0.15) is 0 Å². The van der Waals surface area contributed by atoms with Crippen molar-refractivity contribution in [3.05, 3.63) is 29.8 Å². The number of rotatable bonds is 6. The fourth-order valence-electron chi connectivity index (χ4n) is 2.09. The molecule has 1 aliphatic carbocycles. The molecule has 0 aromatic heterocycles. The first kappa shape index (κ1) is 12.2. The number of hydrogen-bond donors (Lipinski definition) is 0. The fraction of sp³-hybridized carbons (Fsp3) is 0.533. The first-order chi connectivity index (χ1) is 8.24. The minimum absolute atomic E-state index is 0.224. The van der Waals surface area contributed by atoms with Gasteiger partial charge in [-0.05, 0) is 49.9 Å². The maximum Gasteiger partial charge on any atom is 0.162 e. The summed E-state index contributed by atoms with van der Waals surface area (Å²) in [7, 11) is 0. The van der Waals surface area contributed by atoms with Crippen molar-refractivity contribution in [1.29, 1.82) is 0 Å². The molecule has 0 unspecified atom stereocenters. The molecule has 1 aromatic rings. The number of carbonyl (C=O) groups is 1. The Labute approximate surface area is 104 Å². The standard InChI is InChI=1S/C15H21NO/c1-3-15(17)13-7-9-14(10-8-13)16(4-2)11-12-5-6-12/h7-10,12H,3-6,11H2,1-2H3. The third-order valence-corrected chi connectivity index (χ3v) is 3.43. The van der Waals surface area contributed by atoms with Crippen LogP contribution in [0.4, 0.5) is 5.69 Å². The Kier molecular flexibility index (Phi) is 3.82.